The quantitative estimate of drug-likeness (QED) is 0.639. The Labute approximate surface area is 115 Å². The summed E-state index contributed by atoms with van der Waals surface area (Å²) in [5, 5.41) is 16.0. The second-order valence-electron chi connectivity index (χ2n) is 5.70. The van der Waals surface area contributed by atoms with Gasteiger partial charge in [0.05, 0.1) is 6.10 Å². The molecule has 1 heterocycles. The van der Waals surface area contributed by atoms with Gasteiger partial charge in [0.1, 0.15) is 0 Å². The molecule has 1 amide bonds. The molecule has 19 heavy (non-hydrogen) atoms. The first-order chi connectivity index (χ1) is 9.20. The van der Waals surface area contributed by atoms with E-state index >= 15 is 0 Å². The van der Waals surface area contributed by atoms with Crippen LogP contribution in [0.25, 0.3) is 0 Å². The van der Waals surface area contributed by atoms with E-state index in [1.54, 1.807) is 0 Å². The lowest BCUT2D eigenvalue weighted by Crippen LogP contribution is -2.47. The molecule has 1 saturated heterocycles. The number of nitrogens with one attached hydrogen (secondary N) is 2. The second kappa shape index (κ2) is 7.22. The summed E-state index contributed by atoms with van der Waals surface area (Å²) in [4.78, 5) is 13.8. The molecule has 3 atom stereocenters. The SMILES string of the molecule is CCNC(=O)CCN[C@@H]1CCC[C@@H]1N1CCC(O)C1. The standard InChI is InChI=1S/C14H27N3O2/c1-2-15-14(19)6-8-16-12-4-3-5-13(12)17-9-7-11(18)10-17/h11-13,16,18H,2-10H2,1H3,(H,15,19)/t11?,12-,13+/m1/s1. The van der Waals surface area contributed by atoms with Crippen molar-refractivity contribution in [3.05, 3.63) is 0 Å². The highest BCUT2D eigenvalue weighted by atomic mass is 16.3. The molecule has 0 aromatic carbocycles. The van der Waals surface area contributed by atoms with Crippen molar-refractivity contribution in [1.29, 1.82) is 0 Å². The van der Waals surface area contributed by atoms with Crippen LogP contribution >= 0.6 is 0 Å². The van der Waals surface area contributed by atoms with Gasteiger partial charge < -0.3 is 15.7 Å². The van der Waals surface area contributed by atoms with Crippen molar-refractivity contribution in [1.82, 2.24) is 15.5 Å². The lowest BCUT2D eigenvalue weighted by molar-refractivity contribution is -0.120. The number of β-amino-alcohol motifs (C(OH)–C–C–N with tert-alkyl or cyclic N) is 1. The third-order valence-corrected chi connectivity index (χ3v) is 4.28. The van der Waals surface area contributed by atoms with Crippen molar-refractivity contribution in [2.24, 2.45) is 0 Å². The van der Waals surface area contributed by atoms with Crippen molar-refractivity contribution in [3.8, 4) is 0 Å². The predicted octanol–water partition coefficient (Wildman–Crippen LogP) is 0.0899. The molecule has 3 N–H and O–H groups in total. The molecular weight excluding hydrogens is 242 g/mol. The van der Waals surface area contributed by atoms with Crippen LogP contribution in [0.1, 0.15) is 39.0 Å². The Morgan fingerprint density at radius 1 is 1.37 bits per heavy atom. The number of aliphatic hydroxyl groups is 1. The Hall–Kier alpha value is -0.650. The average Bonchev–Trinajstić information content (AvgIpc) is 2.98. The third-order valence-electron chi connectivity index (χ3n) is 4.28. The van der Waals surface area contributed by atoms with E-state index in [4.69, 9.17) is 0 Å². The summed E-state index contributed by atoms with van der Waals surface area (Å²) in [5.41, 5.74) is 0. The monoisotopic (exact) mass is 269 g/mol. The van der Waals surface area contributed by atoms with Crippen LogP contribution < -0.4 is 10.6 Å². The van der Waals surface area contributed by atoms with E-state index in [2.05, 4.69) is 15.5 Å². The highest BCUT2D eigenvalue weighted by Crippen LogP contribution is 2.27. The van der Waals surface area contributed by atoms with E-state index in [0.717, 1.165) is 26.1 Å². The first-order valence-electron chi connectivity index (χ1n) is 7.63. The van der Waals surface area contributed by atoms with E-state index in [0.29, 0.717) is 25.0 Å². The molecule has 110 valence electrons. The van der Waals surface area contributed by atoms with Gasteiger partial charge in [-0.15, -0.1) is 0 Å². The van der Waals surface area contributed by atoms with Gasteiger partial charge in [-0.3, -0.25) is 9.69 Å². The van der Waals surface area contributed by atoms with E-state index in [1.807, 2.05) is 6.92 Å². The molecule has 0 bridgehead atoms. The largest absolute Gasteiger partial charge is 0.392 e. The fourth-order valence-electron chi connectivity index (χ4n) is 3.34. The number of likely N-dealkylation sites (tertiary alicyclic amines) is 1. The minimum absolute atomic E-state index is 0.126. The third kappa shape index (κ3) is 4.16. The van der Waals surface area contributed by atoms with Gasteiger partial charge in [-0.25, -0.2) is 0 Å². The zero-order chi connectivity index (χ0) is 13.7. The minimum Gasteiger partial charge on any atom is -0.392 e. The summed E-state index contributed by atoms with van der Waals surface area (Å²) in [6.07, 6.45) is 4.97. The Morgan fingerprint density at radius 3 is 2.89 bits per heavy atom. The minimum atomic E-state index is -0.142. The summed E-state index contributed by atoms with van der Waals surface area (Å²) in [6.45, 7) is 5.23. The Bertz CT molecular complexity index is 298. The smallest absolute Gasteiger partial charge is 0.221 e. The summed E-state index contributed by atoms with van der Waals surface area (Å²) < 4.78 is 0. The normalized spacial score (nSPS) is 31.8. The van der Waals surface area contributed by atoms with Gasteiger partial charge >= 0.3 is 0 Å². The number of carbonyl (C=O) groups is 1. The van der Waals surface area contributed by atoms with E-state index in [1.165, 1.54) is 19.3 Å². The van der Waals surface area contributed by atoms with Gasteiger partial charge in [-0.05, 0) is 26.2 Å². The first kappa shape index (κ1) is 14.8. The van der Waals surface area contributed by atoms with Crippen molar-refractivity contribution in [2.75, 3.05) is 26.2 Å². The fraction of sp³-hybridized carbons (Fsp3) is 0.929. The second-order valence-corrected chi connectivity index (χ2v) is 5.70. The maximum Gasteiger partial charge on any atom is 0.221 e. The molecule has 1 unspecified atom stereocenters. The summed E-state index contributed by atoms with van der Waals surface area (Å²) in [6, 6.07) is 1.03. The van der Waals surface area contributed by atoms with Crippen LogP contribution in [-0.2, 0) is 4.79 Å². The molecule has 0 aromatic rings. The van der Waals surface area contributed by atoms with Crippen molar-refractivity contribution in [3.63, 3.8) is 0 Å². The zero-order valence-corrected chi connectivity index (χ0v) is 11.9. The number of amides is 1. The number of hydrogen-bond donors (Lipinski definition) is 3. The van der Waals surface area contributed by atoms with Crippen molar-refractivity contribution < 1.29 is 9.90 Å². The van der Waals surface area contributed by atoms with Gasteiger partial charge in [-0.1, -0.05) is 6.42 Å². The average molecular weight is 269 g/mol. The number of carbonyl (C=O) groups excluding carboxylic acids is 1. The van der Waals surface area contributed by atoms with Crippen molar-refractivity contribution >= 4 is 5.91 Å². The van der Waals surface area contributed by atoms with Gasteiger partial charge in [0.2, 0.25) is 5.91 Å². The van der Waals surface area contributed by atoms with Gasteiger partial charge in [-0.2, -0.15) is 0 Å². The van der Waals surface area contributed by atoms with Crippen LogP contribution in [0.5, 0.6) is 0 Å². The molecule has 5 nitrogen and oxygen atoms in total. The Kier molecular flexibility index (Phi) is 5.60. The van der Waals surface area contributed by atoms with Crippen LogP contribution in [0.4, 0.5) is 0 Å². The Balaban J connectivity index is 1.71. The lowest BCUT2D eigenvalue weighted by atomic mass is 10.1. The van der Waals surface area contributed by atoms with E-state index in [-0.39, 0.29) is 12.0 Å². The van der Waals surface area contributed by atoms with Crippen molar-refractivity contribution in [2.45, 2.75) is 57.2 Å². The van der Waals surface area contributed by atoms with Gasteiger partial charge in [0.25, 0.3) is 0 Å². The predicted molar refractivity (Wildman–Crippen MR) is 74.9 cm³/mol. The van der Waals surface area contributed by atoms with E-state index in [9.17, 15) is 9.90 Å². The molecule has 5 heteroatoms. The topological polar surface area (TPSA) is 64.6 Å². The molecule has 0 radical (unpaired) electrons. The van der Waals surface area contributed by atoms with Crippen LogP contribution in [-0.4, -0.2) is 60.3 Å². The molecule has 0 aromatic heterocycles. The summed E-state index contributed by atoms with van der Waals surface area (Å²) in [5.74, 6) is 0.126. The van der Waals surface area contributed by atoms with Gasteiger partial charge in [0.15, 0.2) is 0 Å². The number of rotatable bonds is 6. The highest BCUT2D eigenvalue weighted by molar-refractivity contribution is 5.75. The lowest BCUT2D eigenvalue weighted by Gasteiger charge is -2.29. The number of aliphatic hydroxyl groups excluding tert-OH is 1. The molecule has 2 aliphatic rings. The molecule has 2 rings (SSSR count). The molecule has 1 aliphatic carbocycles. The molecular formula is C14H27N3O2. The molecule has 2 fully saturated rings. The maximum absolute atomic E-state index is 11.4. The summed E-state index contributed by atoms with van der Waals surface area (Å²) >= 11 is 0. The van der Waals surface area contributed by atoms with Crippen LogP contribution in [0.3, 0.4) is 0 Å². The number of nitrogens with zero attached hydrogens (tertiary/aromatic N) is 1. The first-order valence-corrected chi connectivity index (χ1v) is 7.63. The van der Waals surface area contributed by atoms with Crippen LogP contribution in [0, 0.1) is 0 Å². The molecule has 1 saturated carbocycles. The molecule has 0 spiro atoms. The van der Waals surface area contributed by atoms with Crippen LogP contribution in [0.15, 0.2) is 0 Å². The Morgan fingerprint density at radius 2 is 2.21 bits per heavy atom. The van der Waals surface area contributed by atoms with E-state index < -0.39 is 0 Å². The molecule has 1 aliphatic heterocycles. The van der Waals surface area contributed by atoms with Gasteiger partial charge in [0, 0.05) is 44.7 Å². The zero-order valence-electron chi connectivity index (χ0n) is 11.9. The maximum atomic E-state index is 11.4. The summed E-state index contributed by atoms with van der Waals surface area (Å²) in [7, 11) is 0. The fourth-order valence-corrected chi connectivity index (χ4v) is 3.34. The highest BCUT2D eigenvalue weighted by Gasteiger charge is 2.35. The number of hydrogen-bond acceptors (Lipinski definition) is 4. The van der Waals surface area contributed by atoms with Crippen LogP contribution in [0.2, 0.25) is 0 Å².